The van der Waals surface area contributed by atoms with Crippen LogP contribution in [-0.4, -0.2) is 100 Å². The molecule has 0 fully saturated rings. The van der Waals surface area contributed by atoms with Gasteiger partial charge in [0.25, 0.3) is 0 Å². The van der Waals surface area contributed by atoms with Gasteiger partial charge < -0.3 is 27.6 Å². The molecule has 0 spiro atoms. The summed E-state index contributed by atoms with van der Waals surface area (Å²) in [6.45, 7) is 15.7. The van der Waals surface area contributed by atoms with E-state index in [1.807, 2.05) is 0 Å². The van der Waals surface area contributed by atoms with Crippen LogP contribution >= 0.6 is 45.4 Å². The van der Waals surface area contributed by atoms with Gasteiger partial charge in [-0.15, -0.1) is 0 Å². The minimum absolute atomic E-state index is 0.0259. The fourth-order valence-electron chi connectivity index (χ4n) is 3.57. The molecule has 12 nitrogen and oxygen atoms in total. The van der Waals surface area contributed by atoms with Crippen molar-refractivity contribution in [3.05, 3.63) is 12.4 Å². The highest BCUT2D eigenvalue weighted by Crippen LogP contribution is 2.56. The molecular formula is C26H53BrO12P4. The molecule has 43 heavy (non-hydrogen) atoms. The Morgan fingerprint density at radius 3 is 1.21 bits per heavy atom. The van der Waals surface area contributed by atoms with Crippen molar-refractivity contribution < 1.29 is 55.4 Å². The van der Waals surface area contributed by atoms with E-state index in [4.69, 9.17) is 27.6 Å². The first-order valence-electron chi connectivity index (χ1n) is 14.6. The summed E-state index contributed by atoms with van der Waals surface area (Å²) in [5.74, 6) is 0.475. The van der Waals surface area contributed by atoms with Crippen molar-refractivity contribution in [2.45, 2.75) is 54.4 Å². The summed E-state index contributed by atoms with van der Waals surface area (Å²) in [5, 5.41) is 0.562. The van der Waals surface area contributed by atoms with Gasteiger partial charge in [0.05, 0.1) is 52.5 Å². The molecule has 0 saturated carbocycles. The number of ether oxygens (including phenoxy) is 2. The molecule has 0 bridgehead atoms. The molecule has 0 amide bonds. The van der Waals surface area contributed by atoms with Crippen LogP contribution in [0.25, 0.3) is 0 Å². The third-order valence-electron chi connectivity index (χ3n) is 5.60. The molecule has 0 aromatic rings. The first kappa shape index (κ1) is 45.0. The molecule has 0 aromatic heterocycles. The van der Waals surface area contributed by atoms with Crippen LogP contribution in [0.1, 0.15) is 54.4 Å². The molecule has 0 rings (SSSR count). The van der Waals surface area contributed by atoms with Crippen LogP contribution in [0, 0.1) is 0 Å². The molecule has 0 radical (unpaired) electrons. The Balaban J connectivity index is 0. The summed E-state index contributed by atoms with van der Waals surface area (Å²) in [4.78, 5) is 22.8. The van der Waals surface area contributed by atoms with Crippen LogP contribution < -0.4 is 0 Å². The Kier molecular flexibility index (Phi) is 26.3. The second-order valence-corrected chi connectivity index (χ2v) is 20.5. The number of esters is 2. The third kappa shape index (κ3) is 22.1. The minimum atomic E-state index is -3.03. The molecular weight excluding hydrogens is 708 g/mol. The van der Waals surface area contributed by atoms with Crippen LogP contribution in [0.3, 0.4) is 0 Å². The van der Waals surface area contributed by atoms with Crippen LogP contribution in [0.2, 0.25) is 0 Å². The Hall–Kier alpha value is -0.0800. The number of halogens is 1. The molecule has 4 atom stereocenters. The Bertz CT molecular complexity index is 981. The molecule has 0 heterocycles. The lowest BCUT2D eigenvalue weighted by Gasteiger charge is -2.21. The quantitative estimate of drug-likeness (QED) is 0.0509. The van der Waals surface area contributed by atoms with E-state index >= 15 is 0 Å². The van der Waals surface area contributed by atoms with Gasteiger partial charge in [0.2, 0.25) is 29.5 Å². The van der Waals surface area contributed by atoms with Crippen molar-refractivity contribution in [3.63, 3.8) is 0 Å². The van der Waals surface area contributed by atoms with Gasteiger partial charge in [-0.3, -0.25) is 27.8 Å². The van der Waals surface area contributed by atoms with E-state index in [-0.39, 0.29) is 69.6 Å². The van der Waals surface area contributed by atoms with Crippen molar-refractivity contribution in [3.8, 4) is 0 Å². The zero-order valence-electron chi connectivity index (χ0n) is 26.7. The molecule has 0 N–H and O–H groups in total. The zero-order valence-corrected chi connectivity index (χ0v) is 31.8. The average molecular weight is 761 g/mol. The topological polar surface area (TPSA) is 158 Å². The van der Waals surface area contributed by atoms with Crippen LogP contribution in [0.15, 0.2) is 12.4 Å². The maximum atomic E-state index is 12.8. The summed E-state index contributed by atoms with van der Waals surface area (Å²) in [6.07, 6.45) is 1.22. The van der Waals surface area contributed by atoms with E-state index in [0.29, 0.717) is 31.3 Å². The highest BCUT2D eigenvalue weighted by molar-refractivity contribution is 9.09. The fourth-order valence-corrected chi connectivity index (χ4v) is 15.0. The highest BCUT2D eigenvalue weighted by Gasteiger charge is 2.31. The van der Waals surface area contributed by atoms with E-state index in [1.54, 1.807) is 41.5 Å². The van der Waals surface area contributed by atoms with E-state index in [1.165, 1.54) is 5.82 Å². The summed E-state index contributed by atoms with van der Waals surface area (Å²) in [5.41, 5.74) is 0. The smallest absolute Gasteiger partial charge is 0.306 e. The van der Waals surface area contributed by atoms with Crippen molar-refractivity contribution in [1.82, 2.24) is 0 Å². The maximum Gasteiger partial charge on any atom is 0.306 e. The number of hydrogen-bond donors (Lipinski definition) is 0. The molecule has 17 heteroatoms. The predicted octanol–water partition coefficient (Wildman–Crippen LogP) is 7.68. The Labute approximate surface area is 267 Å². The van der Waals surface area contributed by atoms with E-state index in [9.17, 15) is 27.8 Å². The molecule has 0 aliphatic carbocycles. The summed E-state index contributed by atoms with van der Waals surface area (Å²) < 4.78 is 81.1. The molecule has 0 saturated heterocycles. The van der Waals surface area contributed by atoms with Gasteiger partial charge in [-0.05, 0) is 47.4 Å². The highest BCUT2D eigenvalue weighted by atomic mass is 79.9. The lowest BCUT2D eigenvalue weighted by atomic mass is 10.5. The monoisotopic (exact) mass is 760 g/mol. The fraction of sp³-hybridized carbons (Fsp3) is 0.846. The summed E-state index contributed by atoms with van der Waals surface area (Å²) in [7, 11) is -11.8. The maximum absolute atomic E-state index is 12.8. The van der Waals surface area contributed by atoms with Gasteiger partial charge in [-0.1, -0.05) is 22.5 Å². The van der Waals surface area contributed by atoms with Crippen LogP contribution in [-0.2, 0) is 55.4 Å². The predicted molar refractivity (Wildman–Crippen MR) is 177 cm³/mol. The van der Waals surface area contributed by atoms with Gasteiger partial charge in [0.15, 0.2) is 0 Å². The first-order valence-corrected chi connectivity index (χ1v) is 23.6. The Morgan fingerprint density at radius 1 is 0.558 bits per heavy atom. The minimum Gasteiger partial charge on any atom is -0.466 e. The number of alkyl halides is 1. The van der Waals surface area contributed by atoms with Crippen molar-refractivity contribution in [2.24, 2.45) is 0 Å². The molecule has 256 valence electrons. The van der Waals surface area contributed by atoms with Crippen LogP contribution in [0.5, 0.6) is 0 Å². The average Bonchev–Trinajstić information content (AvgIpc) is 2.95. The molecule has 4 unspecified atom stereocenters. The van der Waals surface area contributed by atoms with E-state index < -0.39 is 41.4 Å². The number of carbonyl (C=O) groups excluding carboxylic acids is 2. The molecule has 0 aliphatic heterocycles. The number of carbonyl (C=O) groups is 2. The number of hydrogen-bond acceptors (Lipinski definition) is 12. The van der Waals surface area contributed by atoms with Gasteiger partial charge >= 0.3 is 11.9 Å². The normalized spacial score (nSPS) is 16.7. The Morgan fingerprint density at radius 2 is 0.907 bits per heavy atom. The largest absolute Gasteiger partial charge is 0.466 e. The van der Waals surface area contributed by atoms with Crippen molar-refractivity contribution in [2.75, 3.05) is 88.1 Å². The van der Waals surface area contributed by atoms with Crippen molar-refractivity contribution >= 4 is 57.3 Å². The van der Waals surface area contributed by atoms with Gasteiger partial charge in [0, 0.05) is 48.5 Å². The third-order valence-corrected chi connectivity index (χ3v) is 17.0. The SMILES string of the molecule is C=CP(=O)(CCP(=O)(CCC(=O)OCC)OCC)OCC.CCOC(=O)CCP(=O)(CCP(=O)(CCBr)OCC)OCC. The van der Waals surface area contributed by atoms with Gasteiger partial charge in [-0.2, -0.15) is 0 Å². The number of rotatable bonds is 25. The molecule has 0 aromatic carbocycles. The second-order valence-electron chi connectivity index (χ2n) is 8.89. The second kappa shape index (κ2) is 25.1. The lowest BCUT2D eigenvalue weighted by molar-refractivity contribution is -0.143. The standard InChI is InChI=1S/C13H27BrO6P2.C13H26O6P2/c1-4-18-13(15)7-9-21(16,19-5-2)11-12-22(17,10-8-14)20-6-3;1-5-17-13(14)9-10-21(16,19-7-3)12-11-20(15,8-4)18-6-2/h4-12H2,1-3H3;8H,4-7,9-12H2,1-3H3. The van der Waals surface area contributed by atoms with Gasteiger partial charge in [0.1, 0.15) is 0 Å². The first-order chi connectivity index (χ1) is 20.2. The van der Waals surface area contributed by atoms with Crippen LogP contribution in [0.4, 0.5) is 0 Å². The zero-order chi connectivity index (χ0) is 33.4. The molecule has 0 aliphatic rings. The van der Waals surface area contributed by atoms with E-state index in [2.05, 4.69) is 22.5 Å². The summed E-state index contributed by atoms with van der Waals surface area (Å²) >= 11 is 3.26. The van der Waals surface area contributed by atoms with E-state index in [0.717, 1.165) is 0 Å². The van der Waals surface area contributed by atoms with Gasteiger partial charge in [-0.25, -0.2) is 0 Å². The summed E-state index contributed by atoms with van der Waals surface area (Å²) in [6, 6.07) is 0. The lowest BCUT2D eigenvalue weighted by Crippen LogP contribution is -2.12. The van der Waals surface area contributed by atoms with Crippen molar-refractivity contribution in [1.29, 1.82) is 0 Å².